The van der Waals surface area contributed by atoms with Crippen molar-refractivity contribution < 1.29 is 0 Å². The first kappa shape index (κ1) is 13.0. The largest absolute Gasteiger partial charge is 0.317 e. The Morgan fingerprint density at radius 2 is 1.53 bits per heavy atom. The van der Waals surface area contributed by atoms with Crippen LogP contribution in [0.1, 0.15) is 65.2 Å². The fourth-order valence-electron chi connectivity index (χ4n) is 2.94. The molecule has 1 aliphatic carbocycles. The summed E-state index contributed by atoms with van der Waals surface area (Å²) in [7, 11) is 2.14. The summed E-state index contributed by atoms with van der Waals surface area (Å²) in [4.78, 5) is 0. The third kappa shape index (κ3) is 5.01. The SMILES string of the molecule is CNC(CC(C)C)C1CCCCCCC1. The van der Waals surface area contributed by atoms with Crippen LogP contribution in [0.15, 0.2) is 0 Å². The molecule has 1 aliphatic rings. The first-order chi connectivity index (χ1) is 7.24. The zero-order valence-electron chi connectivity index (χ0n) is 10.9. The van der Waals surface area contributed by atoms with Gasteiger partial charge in [0.05, 0.1) is 0 Å². The zero-order chi connectivity index (χ0) is 11.1. The molecule has 1 nitrogen and oxygen atoms in total. The van der Waals surface area contributed by atoms with Crippen LogP contribution in [0.4, 0.5) is 0 Å². The van der Waals surface area contributed by atoms with Gasteiger partial charge in [-0.1, -0.05) is 46.0 Å². The van der Waals surface area contributed by atoms with Crippen molar-refractivity contribution in [2.45, 2.75) is 71.3 Å². The average molecular weight is 211 g/mol. The Hall–Kier alpha value is -0.0400. The Balaban J connectivity index is 2.40. The molecule has 1 fully saturated rings. The van der Waals surface area contributed by atoms with E-state index in [4.69, 9.17) is 0 Å². The standard InChI is InChI=1S/C14H29N/c1-12(2)11-14(15-3)13-9-7-5-4-6-8-10-13/h12-15H,4-11H2,1-3H3. The van der Waals surface area contributed by atoms with E-state index in [0.29, 0.717) is 0 Å². The molecule has 0 bridgehead atoms. The van der Waals surface area contributed by atoms with Gasteiger partial charge >= 0.3 is 0 Å². The average Bonchev–Trinajstić information content (AvgIpc) is 2.14. The lowest BCUT2D eigenvalue weighted by Crippen LogP contribution is -2.35. The van der Waals surface area contributed by atoms with E-state index in [1.165, 1.54) is 51.4 Å². The van der Waals surface area contributed by atoms with E-state index in [2.05, 4.69) is 26.2 Å². The second-order valence-corrected chi connectivity index (χ2v) is 5.63. The van der Waals surface area contributed by atoms with E-state index in [1.807, 2.05) is 0 Å². The number of rotatable bonds is 4. The van der Waals surface area contributed by atoms with E-state index >= 15 is 0 Å². The minimum atomic E-state index is 0.767. The van der Waals surface area contributed by atoms with Crippen molar-refractivity contribution in [1.82, 2.24) is 5.32 Å². The van der Waals surface area contributed by atoms with Crippen LogP contribution >= 0.6 is 0 Å². The van der Waals surface area contributed by atoms with Crippen molar-refractivity contribution in [2.24, 2.45) is 11.8 Å². The number of nitrogens with one attached hydrogen (secondary N) is 1. The molecule has 0 heterocycles. The Kier molecular flexibility index (Phi) is 6.31. The molecule has 1 unspecified atom stereocenters. The highest BCUT2D eigenvalue weighted by atomic mass is 14.9. The highest BCUT2D eigenvalue weighted by Gasteiger charge is 2.21. The van der Waals surface area contributed by atoms with Gasteiger partial charge in [-0.25, -0.2) is 0 Å². The Bertz CT molecular complexity index is 145. The summed E-state index contributed by atoms with van der Waals surface area (Å²) in [6, 6.07) is 0.767. The molecule has 15 heavy (non-hydrogen) atoms. The number of hydrogen-bond donors (Lipinski definition) is 1. The van der Waals surface area contributed by atoms with Gasteiger partial charge in [0, 0.05) is 6.04 Å². The fraction of sp³-hybridized carbons (Fsp3) is 1.00. The predicted molar refractivity (Wildman–Crippen MR) is 68.1 cm³/mol. The van der Waals surface area contributed by atoms with E-state index in [0.717, 1.165) is 17.9 Å². The van der Waals surface area contributed by atoms with Gasteiger partial charge in [0.25, 0.3) is 0 Å². The summed E-state index contributed by atoms with van der Waals surface area (Å²) in [5.74, 6) is 1.77. The topological polar surface area (TPSA) is 12.0 Å². The van der Waals surface area contributed by atoms with Crippen molar-refractivity contribution in [3.05, 3.63) is 0 Å². The zero-order valence-corrected chi connectivity index (χ0v) is 10.9. The summed E-state index contributed by atoms with van der Waals surface area (Å²) in [6.07, 6.45) is 11.6. The summed E-state index contributed by atoms with van der Waals surface area (Å²) in [5, 5.41) is 3.55. The molecule has 90 valence electrons. The van der Waals surface area contributed by atoms with E-state index in [1.54, 1.807) is 0 Å². The van der Waals surface area contributed by atoms with Gasteiger partial charge in [-0.3, -0.25) is 0 Å². The van der Waals surface area contributed by atoms with Crippen molar-refractivity contribution >= 4 is 0 Å². The molecule has 0 spiro atoms. The first-order valence-corrected chi connectivity index (χ1v) is 6.91. The minimum Gasteiger partial charge on any atom is -0.317 e. The third-order valence-electron chi connectivity index (χ3n) is 3.81. The molecule has 0 aromatic carbocycles. The molecule has 0 amide bonds. The fourth-order valence-corrected chi connectivity index (χ4v) is 2.94. The minimum absolute atomic E-state index is 0.767. The smallest absolute Gasteiger partial charge is 0.00947 e. The van der Waals surface area contributed by atoms with Gasteiger partial charge in [0.1, 0.15) is 0 Å². The molecule has 1 atom stereocenters. The van der Waals surface area contributed by atoms with Gasteiger partial charge in [0.2, 0.25) is 0 Å². The van der Waals surface area contributed by atoms with Crippen molar-refractivity contribution in [2.75, 3.05) is 7.05 Å². The van der Waals surface area contributed by atoms with Gasteiger partial charge < -0.3 is 5.32 Å². The van der Waals surface area contributed by atoms with Crippen LogP contribution in [0.3, 0.4) is 0 Å². The summed E-state index contributed by atoms with van der Waals surface area (Å²) < 4.78 is 0. The summed E-state index contributed by atoms with van der Waals surface area (Å²) in [6.45, 7) is 4.68. The molecule has 1 N–H and O–H groups in total. The molecular weight excluding hydrogens is 182 g/mol. The van der Waals surface area contributed by atoms with Crippen LogP contribution in [0.5, 0.6) is 0 Å². The normalized spacial score (nSPS) is 22.4. The van der Waals surface area contributed by atoms with E-state index < -0.39 is 0 Å². The quantitative estimate of drug-likeness (QED) is 0.741. The van der Waals surface area contributed by atoms with Gasteiger partial charge in [-0.05, 0) is 38.1 Å². The lowest BCUT2D eigenvalue weighted by molar-refractivity contribution is 0.265. The van der Waals surface area contributed by atoms with Crippen molar-refractivity contribution in [3.8, 4) is 0 Å². The summed E-state index contributed by atoms with van der Waals surface area (Å²) >= 11 is 0. The van der Waals surface area contributed by atoms with Gasteiger partial charge in [-0.15, -0.1) is 0 Å². The Labute approximate surface area is 96.0 Å². The molecule has 0 aromatic heterocycles. The van der Waals surface area contributed by atoms with Gasteiger partial charge in [0.15, 0.2) is 0 Å². The molecule has 1 heteroatoms. The van der Waals surface area contributed by atoms with Crippen molar-refractivity contribution in [3.63, 3.8) is 0 Å². The number of hydrogen-bond acceptors (Lipinski definition) is 1. The maximum Gasteiger partial charge on any atom is 0.00947 e. The van der Waals surface area contributed by atoms with E-state index in [-0.39, 0.29) is 0 Å². The molecule has 0 aliphatic heterocycles. The second-order valence-electron chi connectivity index (χ2n) is 5.63. The predicted octanol–water partition coefficient (Wildman–Crippen LogP) is 3.98. The Morgan fingerprint density at radius 1 is 1.00 bits per heavy atom. The third-order valence-corrected chi connectivity index (χ3v) is 3.81. The molecular formula is C14H29N. The summed E-state index contributed by atoms with van der Waals surface area (Å²) in [5.41, 5.74) is 0. The Morgan fingerprint density at radius 3 is 2.00 bits per heavy atom. The maximum absolute atomic E-state index is 3.55. The van der Waals surface area contributed by atoms with Crippen LogP contribution in [0.25, 0.3) is 0 Å². The molecule has 0 aromatic rings. The van der Waals surface area contributed by atoms with Gasteiger partial charge in [-0.2, -0.15) is 0 Å². The second kappa shape index (κ2) is 7.27. The van der Waals surface area contributed by atoms with E-state index in [9.17, 15) is 0 Å². The lowest BCUT2D eigenvalue weighted by Gasteiger charge is -2.29. The van der Waals surface area contributed by atoms with Crippen LogP contribution in [0.2, 0.25) is 0 Å². The lowest BCUT2D eigenvalue weighted by atomic mass is 9.83. The maximum atomic E-state index is 3.55. The van der Waals surface area contributed by atoms with Crippen LogP contribution in [0, 0.1) is 11.8 Å². The highest BCUT2D eigenvalue weighted by Crippen LogP contribution is 2.27. The first-order valence-electron chi connectivity index (χ1n) is 6.91. The van der Waals surface area contributed by atoms with Crippen LogP contribution in [-0.4, -0.2) is 13.1 Å². The molecule has 0 saturated heterocycles. The molecule has 1 rings (SSSR count). The van der Waals surface area contributed by atoms with Crippen LogP contribution < -0.4 is 5.32 Å². The molecule has 0 radical (unpaired) electrons. The molecule has 1 saturated carbocycles. The highest BCUT2D eigenvalue weighted by molar-refractivity contribution is 4.77. The monoisotopic (exact) mass is 211 g/mol. The van der Waals surface area contributed by atoms with Crippen LogP contribution in [-0.2, 0) is 0 Å². The van der Waals surface area contributed by atoms with Crippen molar-refractivity contribution in [1.29, 1.82) is 0 Å².